The van der Waals surface area contributed by atoms with Gasteiger partial charge in [-0.2, -0.15) is 21.0 Å². The van der Waals surface area contributed by atoms with Crippen LogP contribution in [0.3, 0.4) is 0 Å². The van der Waals surface area contributed by atoms with Crippen LogP contribution >= 0.6 is 22.7 Å². The molecule has 0 saturated carbocycles. The maximum Gasteiger partial charge on any atom is 0.139 e. The molecule has 4 aromatic rings. The van der Waals surface area contributed by atoms with Gasteiger partial charge in [0.15, 0.2) is 0 Å². The molecule has 0 fully saturated rings. The summed E-state index contributed by atoms with van der Waals surface area (Å²) >= 11 is 2.99. The summed E-state index contributed by atoms with van der Waals surface area (Å²) in [6.45, 7) is 0. The summed E-state index contributed by atoms with van der Waals surface area (Å²) < 4.78 is 1.92. The Kier molecular flexibility index (Phi) is 3.66. The molecule has 32 heavy (non-hydrogen) atoms. The third-order valence-electron chi connectivity index (χ3n) is 5.55. The van der Waals surface area contributed by atoms with E-state index in [1.807, 2.05) is 36.4 Å². The van der Waals surface area contributed by atoms with Gasteiger partial charge in [-0.25, -0.2) is 0 Å². The van der Waals surface area contributed by atoms with Crippen LogP contribution < -0.4 is 0 Å². The highest BCUT2D eigenvalue weighted by Crippen LogP contribution is 2.60. The molecule has 0 bridgehead atoms. The van der Waals surface area contributed by atoms with Crippen molar-refractivity contribution in [1.82, 2.24) is 9.97 Å². The molecule has 4 aromatic heterocycles. The quantitative estimate of drug-likeness (QED) is 0.290. The third kappa shape index (κ3) is 2.07. The number of pyridine rings is 2. The summed E-state index contributed by atoms with van der Waals surface area (Å²) in [6, 6.07) is 15.4. The van der Waals surface area contributed by atoms with Gasteiger partial charge in [-0.05, 0) is 12.1 Å². The maximum atomic E-state index is 9.58. The highest BCUT2D eigenvalue weighted by atomic mass is 32.1. The van der Waals surface area contributed by atoms with Crippen LogP contribution in [0, 0.1) is 45.3 Å². The van der Waals surface area contributed by atoms with Crippen molar-refractivity contribution in [2.24, 2.45) is 0 Å². The van der Waals surface area contributed by atoms with Gasteiger partial charge in [0, 0.05) is 55.5 Å². The second kappa shape index (κ2) is 6.45. The molecule has 0 saturated heterocycles. The minimum absolute atomic E-state index is 0.0545. The van der Waals surface area contributed by atoms with Gasteiger partial charge in [0.25, 0.3) is 0 Å². The first-order chi connectivity index (χ1) is 15.7. The fourth-order valence-electron chi connectivity index (χ4n) is 4.34. The highest BCUT2D eigenvalue weighted by Gasteiger charge is 2.38. The molecule has 0 N–H and O–H groups in total. The van der Waals surface area contributed by atoms with Crippen LogP contribution in [0.15, 0.2) is 47.8 Å². The summed E-state index contributed by atoms with van der Waals surface area (Å²) in [7, 11) is 0. The molecular formula is C24H6N6S2. The fourth-order valence-corrected chi connectivity index (χ4v) is 7.35. The second-order valence-electron chi connectivity index (χ2n) is 7.02. The van der Waals surface area contributed by atoms with Gasteiger partial charge in [0.05, 0.1) is 20.8 Å². The van der Waals surface area contributed by atoms with Gasteiger partial charge < -0.3 is 0 Å². The SMILES string of the molecule is N#CC(C#N)=C1c2cccnc2-c2c1sc1c3c(sc21)C(=C(C#N)C#N)c1cccnc1-3. The van der Waals surface area contributed by atoms with Gasteiger partial charge >= 0.3 is 0 Å². The first-order valence-electron chi connectivity index (χ1n) is 9.34. The lowest BCUT2D eigenvalue weighted by Crippen LogP contribution is -1.87. The number of allylic oxidation sites excluding steroid dienone is 2. The smallest absolute Gasteiger partial charge is 0.139 e. The molecule has 0 unspecified atom stereocenters. The van der Waals surface area contributed by atoms with E-state index in [2.05, 4.69) is 9.97 Å². The van der Waals surface area contributed by atoms with Crippen molar-refractivity contribution in [1.29, 1.82) is 21.0 Å². The molecule has 8 heteroatoms. The lowest BCUT2D eigenvalue weighted by atomic mass is 10.1. The molecule has 0 spiro atoms. The van der Waals surface area contributed by atoms with Crippen LogP contribution in [0.5, 0.6) is 0 Å². The molecule has 0 atom stereocenters. The predicted molar refractivity (Wildman–Crippen MR) is 121 cm³/mol. The molecule has 144 valence electrons. The van der Waals surface area contributed by atoms with Gasteiger partial charge in [0.1, 0.15) is 35.4 Å². The molecule has 0 amide bonds. The first-order valence-corrected chi connectivity index (χ1v) is 11.0. The topological polar surface area (TPSA) is 121 Å². The van der Waals surface area contributed by atoms with E-state index in [0.717, 1.165) is 52.8 Å². The Morgan fingerprint density at radius 2 is 1.06 bits per heavy atom. The summed E-state index contributed by atoms with van der Waals surface area (Å²) in [5.74, 6) is 0. The highest BCUT2D eigenvalue weighted by molar-refractivity contribution is 7.31. The fraction of sp³-hybridized carbons (Fsp3) is 0. The molecule has 2 aliphatic rings. The van der Waals surface area contributed by atoms with Crippen LogP contribution in [0.2, 0.25) is 0 Å². The molecule has 0 radical (unpaired) electrons. The molecule has 0 aliphatic heterocycles. The average Bonchev–Trinajstić information content (AvgIpc) is 3.52. The van der Waals surface area contributed by atoms with Crippen molar-refractivity contribution in [3.8, 4) is 46.8 Å². The third-order valence-corrected chi connectivity index (χ3v) is 8.13. The molecular weight excluding hydrogens is 436 g/mol. The second-order valence-corrected chi connectivity index (χ2v) is 9.06. The molecule has 0 aromatic carbocycles. The standard InChI is InChI=1S/C24H6N6S2/c25-7-11(8-26)15-13-3-1-5-29-19(13)17-21(15)31-24-18-20-14(4-2-6-30-20)16(12(9-27)10-28)22(18)32-23(17)24/h1-6H. The van der Waals surface area contributed by atoms with E-state index in [9.17, 15) is 21.0 Å². The maximum absolute atomic E-state index is 9.58. The van der Waals surface area contributed by atoms with Crippen molar-refractivity contribution in [2.45, 2.75) is 0 Å². The number of rotatable bonds is 0. The van der Waals surface area contributed by atoms with Crippen molar-refractivity contribution in [3.05, 3.63) is 68.7 Å². The van der Waals surface area contributed by atoms with Gasteiger partial charge in [-0.3, -0.25) is 9.97 Å². The number of nitriles is 4. The van der Waals surface area contributed by atoms with E-state index in [-0.39, 0.29) is 11.1 Å². The number of hydrogen-bond acceptors (Lipinski definition) is 8. The van der Waals surface area contributed by atoms with Crippen LogP contribution in [0.4, 0.5) is 0 Å². The lowest BCUT2D eigenvalue weighted by Gasteiger charge is -2.02. The molecule has 2 aliphatic carbocycles. The first kappa shape index (κ1) is 18.2. The van der Waals surface area contributed by atoms with Gasteiger partial charge in [0.2, 0.25) is 0 Å². The van der Waals surface area contributed by atoms with Crippen molar-refractivity contribution < 1.29 is 0 Å². The number of hydrogen-bond donors (Lipinski definition) is 0. The van der Waals surface area contributed by atoms with E-state index in [0.29, 0.717) is 11.1 Å². The molecule has 6 nitrogen and oxygen atoms in total. The van der Waals surface area contributed by atoms with E-state index >= 15 is 0 Å². The Morgan fingerprint density at radius 3 is 1.44 bits per heavy atom. The summed E-state index contributed by atoms with van der Waals surface area (Å²) in [6.07, 6.45) is 3.39. The van der Waals surface area contributed by atoms with Crippen LogP contribution in [0.1, 0.15) is 20.9 Å². The van der Waals surface area contributed by atoms with Crippen molar-refractivity contribution in [3.63, 3.8) is 0 Å². The van der Waals surface area contributed by atoms with Crippen LogP contribution in [-0.4, -0.2) is 9.97 Å². The molecule has 6 rings (SSSR count). The Morgan fingerprint density at radius 1 is 0.656 bits per heavy atom. The minimum Gasteiger partial charge on any atom is -0.255 e. The Labute approximate surface area is 189 Å². The zero-order chi connectivity index (χ0) is 22.0. The van der Waals surface area contributed by atoms with Crippen LogP contribution in [0.25, 0.3) is 43.1 Å². The van der Waals surface area contributed by atoms with Crippen molar-refractivity contribution >= 4 is 43.2 Å². The number of fused-ring (bicyclic) bond motifs is 9. The van der Waals surface area contributed by atoms with Gasteiger partial charge in [-0.1, -0.05) is 12.1 Å². The Hall–Kier alpha value is -4.60. The summed E-state index contributed by atoms with van der Waals surface area (Å²) in [5.41, 5.74) is 6.13. The predicted octanol–water partition coefficient (Wildman–Crippen LogP) is 5.41. The number of aromatic nitrogens is 2. The molecule has 4 heterocycles. The van der Waals surface area contributed by atoms with Crippen LogP contribution in [-0.2, 0) is 0 Å². The largest absolute Gasteiger partial charge is 0.255 e. The van der Waals surface area contributed by atoms with E-state index in [4.69, 9.17) is 0 Å². The van der Waals surface area contributed by atoms with Gasteiger partial charge in [-0.15, -0.1) is 22.7 Å². The Balaban J connectivity index is 1.79. The number of thiophene rings is 2. The normalized spacial score (nSPS) is 12.1. The summed E-state index contributed by atoms with van der Waals surface area (Å²) in [5, 5.41) is 38.3. The zero-order valence-corrected chi connectivity index (χ0v) is 17.6. The monoisotopic (exact) mass is 442 g/mol. The zero-order valence-electron chi connectivity index (χ0n) is 16.0. The Bertz CT molecular complexity index is 1610. The summed E-state index contributed by atoms with van der Waals surface area (Å²) in [4.78, 5) is 10.8. The van der Waals surface area contributed by atoms with E-state index in [1.165, 1.54) is 22.7 Å². The van der Waals surface area contributed by atoms with Crippen molar-refractivity contribution in [2.75, 3.05) is 0 Å². The lowest BCUT2D eigenvalue weighted by molar-refractivity contribution is 1.33. The van der Waals surface area contributed by atoms with E-state index in [1.54, 1.807) is 24.5 Å². The number of nitrogens with zero attached hydrogens (tertiary/aromatic N) is 6. The minimum atomic E-state index is 0.0545. The van der Waals surface area contributed by atoms with E-state index < -0.39 is 0 Å². The average molecular weight is 442 g/mol.